The molecule has 0 unspecified atom stereocenters. The summed E-state index contributed by atoms with van der Waals surface area (Å²) < 4.78 is 11.6. The van der Waals surface area contributed by atoms with Crippen molar-refractivity contribution in [2.75, 3.05) is 20.7 Å². The van der Waals surface area contributed by atoms with Crippen molar-refractivity contribution in [2.45, 2.75) is 19.9 Å². The lowest BCUT2D eigenvalue weighted by Gasteiger charge is -2.14. The largest absolute Gasteiger partial charge is 0.496 e. The van der Waals surface area contributed by atoms with Crippen LogP contribution in [0.4, 0.5) is 0 Å². The van der Waals surface area contributed by atoms with E-state index in [4.69, 9.17) is 9.15 Å². The van der Waals surface area contributed by atoms with Gasteiger partial charge in [-0.1, -0.05) is 12.1 Å². The second-order valence-electron chi connectivity index (χ2n) is 5.12. The third-order valence-corrected chi connectivity index (χ3v) is 3.83. The summed E-state index contributed by atoms with van der Waals surface area (Å²) in [6.07, 6.45) is 0.792. The van der Waals surface area contributed by atoms with Crippen LogP contribution < -0.4 is 15.4 Å². The first-order valence-corrected chi connectivity index (χ1v) is 8.24. The number of nitrogens with zero attached hydrogens (tertiary/aromatic N) is 1. The lowest BCUT2D eigenvalue weighted by molar-refractivity contribution is 0.408. The molecule has 5 nitrogen and oxygen atoms in total. The second kappa shape index (κ2) is 10.6. The average molecular weight is 508 g/mol. The minimum Gasteiger partial charge on any atom is -0.496 e. The number of guanidine groups is 1. The number of methoxy groups -OCH3 is 1. The van der Waals surface area contributed by atoms with E-state index in [0.717, 1.165) is 40.7 Å². The van der Waals surface area contributed by atoms with Crippen LogP contribution >= 0.6 is 39.9 Å². The molecule has 24 heavy (non-hydrogen) atoms. The minimum atomic E-state index is 0. The highest BCUT2D eigenvalue weighted by Gasteiger charge is 2.05. The maximum absolute atomic E-state index is 5.47. The number of benzene rings is 1. The molecule has 0 fully saturated rings. The maximum atomic E-state index is 5.47. The Kier molecular flexibility index (Phi) is 9.20. The molecule has 0 radical (unpaired) electrons. The molecule has 1 heterocycles. The Morgan fingerprint density at radius 2 is 2.04 bits per heavy atom. The zero-order valence-corrected chi connectivity index (χ0v) is 18.0. The molecule has 1 aromatic heterocycles. The van der Waals surface area contributed by atoms with Crippen molar-refractivity contribution in [3.63, 3.8) is 0 Å². The summed E-state index contributed by atoms with van der Waals surface area (Å²) in [7, 11) is 3.44. The molecule has 0 spiro atoms. The first-order valence-electron chi connectivity index (χ1n) is 7.44. The van der Waals surface area contributed by atoms with Crippen LogP contribution in [0.25, 0.3) is 0 Å². The Hall–Kier alpha value is -1.22. The number of hydrogen-bond donors (Lipinski definition) is 2. The van der Waals surface area contributed by atoms with E-state index >= 15 is 0 Å². The number of ether oxygens (including phenoxy) is 1. The Morgan fingerprint density at radius 1 is 1.25 bits per heavy atom. The lowest BCUT2D eigenvalue weighted by Crippen LogP contribution is -2.37. The van der Waals surface area contributed by atoms with Crippen LogP contribution in [0.1, 0.15) is 16.9 Å². The van der Waals surface area contributed by atoms with Crippen molar-refractivity contribution in [1.29, 1.82) is 0 Å². The van der Waals surface area contributed by atoms with Crippen molar-refractivity contribution in [3.05, 3.63) is 51.9 Å². The molecule has 7 heteroatoms. The van der Waals surface area contributed by atoms with Gasteiger partial charge in [0.05, 0.1) is 7.11 Å². The van der Waals surface area contributed by atoms with Crippen molar-refractivity contribution < 1.29 is 9.15 Å². The zero-order valence-electron chi connectivity index (χ0n) is 14.1. The van der Waals surface area contributed by atoms with Gasteiger partial charge in [0.2, 0.25) is 0 Å². The third kappa shape index (κ3) is 6.35. The molecule has 0 bridgehead atoms. The smallest absolute Gasteiger partial charge is 0.191 e. The van der Waals surface area contributed by atoms with Crippen molar-refractivity contribution in [1.82, 2.24) is 10.6 Å². The van der Waals surface area contributed by atoms with Crippen LogP contribution in [-0.4, -0.2) is 26.7 Å². The highest BCUT2D eigenvalue weighted by atomic mass is 127. The summed E-state index contributed by atoms with van der Waals surface area (Å²) in [5.41, 5.74) is 2.27. The summed E-state index contributed by atoms with van der Waals surface area (Å²) in [5, 5.41) is 6.56. The number of aliphatic imine (C=N–C) groups is 1. The SMILES string of the molecule is CN=C(NCCc1ccc(Br)o1)NCc1ccc(C)cc1OC.I. The van der Waals surface area contributed by atoms with E-state index in [0.29, 0.717) is 6.54 Å². The lowest BCUT2D eigenvalue weighted by atomic mass is 10.1. The number of rotatable bonds is 6. The maximum Gasteiger partial charge on any atom is 0.191 e. The van der Waals surface area contributed by atoms with Crippen molar-refractivity contribution >= 4 is 45.9 Å². The van der Waals surface area contributed by atoms with E-state index in [9.17, 15) is 0 Å². The molecule has 0 aliphatic carbocycles. The van der Waals surface area contributed by atoms with Gasteiger partial charge in [0.25, 0.3) is 0 Å². The van der Waals surface area contributed by atoms with Crippen LogP contribution in [0.3, 0.4) is 0 Å². The highest BCUT2D eigenvalue weighted by molar-refractivity contribution is 14.0. The predicted molar refractivity (Wildman–Crippen MR) is 111 cm³/mol. The Morgan fingerprint density at radius 3 is 2.67 bits per heavy atom. The summed E-state index contributed by atoms with van der Waals surface area (Å²) in [6, 6.07) is 10.0. The van der Waals surface area contributed by atoms with Gasteiger partial charge >= 0.3 is 0 Å². The number of nitrogens with one attached hydrogen (secondary N) is 2. The minimum absolute atomic E-state index is 0. The van der Waals surface area contributed by atoms with Gasteiger partial charge in [-0.25, -0.2) is 0 Å². The topological polar surface area (TPSA) is 58.8 Å². The van der Waals surface area contributed by atoms with Crippen molar-refractivity contribution in [3.8, 4) is 5.75 Å². The molecular weight excluding hydrogens is 485 g/mol. The van der Waals surface area contributed by atoms with Crippen LogP contribution in [0.5, 0.6) is 5.75 Å². The average Bonchev–Trinajstić information content (AvgIpc) is 2.96. The van der Waals surface area contributed by atoms with E-state index in [1.54, 1.807) is 14.2 Å². The molecule has 0 aliphatic rings. The molecule has 132 valence electrons. The van der Waals surface area contributed by atoms with Gasteiger partial charge in [0, 0.05) is 32.1 Å². The molecule has 0 aliphatic heterocycles. The van der Waals surface area contributed by atoms with Gasteiger partial charge in [0.15, 0.2) is 10.6 Å². The first-order chi connectivity index (χ1) is 11.1. The van der Waals surface area contributed by atoms with Gasteiger partial charge in [-0.3, -0.25) is 4.99 Å². The summed E-state index contributed by atoms with van der Waals surface area (Å²) >= 11 is 3.30. The third-order valence-electron chi connectivity index (χ3n) is 3.41. The number of aryl methyl sites for hydroxylation is 1. The molecule has 1 aromatic carbocycles. The standard InChI is InChI=1S/C17H22BrN3O2.HI/c1-12-4-5-13(15(10-12)22-3)11-21-17(19-2)20-9-8-14-6-7-16(18)23-14;/h4-7,10H,8-9,11H2,1-3H3,(H2,19,20,21);1H. The van der Waals surface area contributed by atoms with E-state index in [1.165, 1.54) is 5.56 Å². The van der Waals surface area contributed by atoms with E-state index in [-0.39, 0.29) is 24.0 Å². The molecule has 0 saturated carbocycles. The van der Waals surface area contributed by atoms with Crippen LogP contribution in [0.2, 0.25) is 0 Å². The fourth-order valence-electron chi connectivity index (χ4n) is 2.19. The molecule has 0 amide bonds. The van der Waals surface area contributed by atoms with Gasteiger partial charge in [-0.15, -0.1) is 24.0 Å². The molecular formula is C17H23BrIN3O2. The summed E-state index contributed by atoms with van der Waals surface area (Å²) in [4.78, 5) is 4.23. The van der Waals surface area contributed by atoms with Gasteiger partial charge in [-0.05, 0) is 46.6 Å². The number of furan rings is 1. The fraction of sp³-hybridized carbons (Fsp3) is 0.353. The van der Waals surface area contributed by atoms with Gasteiger partial charge in [0.1, 0.15) is 11.5 Å². The summed E-state index contributed by atoms with van der Waals surface area (Å²) in [6.45, 7) is 3.44. The second-order valence-corrected chi connectivity index (χ2v) is 5.91. The Bertz CT molecular complexity index is 674. The Balaban J connectivity index is 0.00000288. The first kappa shape index (κ1) is 20.8. The fourth-order valence-corrected chi connectivity index (χ4v) is 2.53. The van der Waals surface area contributed by atoms with E-state index < -0.39 is 0 Å². The zero-order chi connectivity index (χ0) is 16.7. The highest BCUT2D eigenvalue weighted by Crippen LogP contribution is 2.19. The summed E-state index contributed by atoms with van der Waals surface area (Å²) in [5.74, 6) is 2.56. The Labute approximate surface area is 168 Å². The molecule has 0 saturated heterocycles. The normalized spacial score (nSPS) is 10.9. The predicted octanol–water partition coefficient (Wildman–Crippen LogP) is 3.88. The van der Waals surface area contributed by atoms with Crippen LogP contribution in [0, 0.1) is 6.92 Å². The monoisotopic (exact) mass is 507 g/mol. The van der Waals surface area contributed by atoms with Crippen LogP contribution in [-0.2, 0) is 13.0 Å². The van der Waals surface area contributed by atoms with Gasteiger partial charge in [-0.2, -0.15) is 0 Å². The molecule has 2 rings (SSSR count). The quantitative estimate of drug-likeness (QED) is 0.354. The number of halogens is 2. The van der Waals surface area contributed by atoms with E-state index in [1.807, 2.05) is 25.1 Å². The molecule has 2 aromatic rings. The van der Waals surface area contributed by atoms with E-state index in [2.05, 4.69) is 43.7 Å². The van der Waals surface area contributed by atoms with Crippen LogP contribution in [0.15, 0.2) is 44.4 Å². The molecule has 0 atom stereocenters. The molecule has 2 N–H and O–H groups in total. The van der Waals surface area contributed by atoms with Gasteiger partial charge < -0.3 is 19.8 Å². The number of hydrogen-bond acceptors (Lipinski definition) is 3. The van der Waals surface area contributed by atoms with Crippen molar-refractivity contribution in [2.24, 2.45) is 4.99 Å².